The van der Waals surface area contributed by atoms with Crippen molar-refractivity contribution in [3.8, 4) is 0 Å². The fourth-order valence-corrected chi connectivity index (χ4v) is 1.64. The van der Waals surface area contributed by atoms with Crippen LogP contribution in [0.2, 0.25) is 0 Å². The molecule has 0 saturated carbocycles. The van der Waals surface area contributed by atoms with Crippen molar-refractivity contribution in [2.45, 2.75) is 18.9 Å². The third-order valence-electron chi connectivity index (χ3n) is 2.40. The van der Waals surface area contributed by atoms with Gasteiger partial charge in [0, 0.05) is 0 Å². The molecule has 0 aliphatic carbocycles. The predicted octanol–water partition coefficient (Wildman–Crippen LogP) is 0.354. The van der Waals surface area contributed by atoms with E-state index in [0.717, 1.165) is 19.4 Å². The van der Waals surface area contributed by atoms with Gasteiger partial charge in [0.05, 0.1) is 6.04 Å². The molecule has 1 aromatic heterocycles. The van der Waals surface area contributed by atoms with Gasteiger partial charge in [-0.05, 0) is 31.5 Å². The maximum atomic E-state index is 11.7. The minimum atomic E-state index is -0.0896. The van der Waals surface area contributed by atoms with Crippen molar-refractivity contribution in [1.29, 1.82) is 0 Å². The molecule has 5 heteroatoms. The van der Waals surface area contributed by atoms with Crippen LogP contribution < -0.4 is 16.4 Å². The van der Waals surface area contributed by atoms with E-state index in [2.05, 4.69) is 15.6 Å². The Morgan fingerprint density at radius 3 is 3.13 bits per heavy atom. The number of nitrogens with zero attached hydrogens (tertiary/aromatic N) is 1. The highest BCUT2D eigenvalue weighted by atomic mass is 16.2. The van der Waals surface area contributed by atoms with Crippen LogP contribution in [-0.4, -0.2) is 23.5 Å². The van der Waals surface area contributed by atoms with Gasteiger partial charge in [0.25, 0.3) is 0 Å². The third-order valence-corrected chi connectivity index (χ3v) is 2.40. The van der Waals surface area contributed by atoms with Crippen molar-refractivity contribution >= 4 is 17.5 Å². The average Bonchev–Trinajstić information content (AvgIpc) is 2.70. The van der Waals surface area contributed by atoms with Gasteiger partial charge < -0.3 is 16.4 Å². The van der Waals surface area contributed by atoms with E-state index >= 15 is 0 Å². The van der Waals surface area contributed by atoms with Gasteiger partial charge in [0.1, 0.15) is 11.6 Å². The van der Waals surface area contributed by atoms with E-state index in [0.29, 0.717) is 11.6 Å². The van der Waals surface area contributed by atoms with E-state index in [9.17, 15) is 4.79 Å². The van der Waals surface area contributed by atoms with Crippen LogP contribution in [0.25, 0.3) is 0 Å². The Labute approximate surface area is 88.1 Å². The molecule has 0 bridgehead atoms. The number of anilines is 2. The van der Waals surface area contributed by atoms with Gasteiger partial charge in [-0.15, -0.1) is 0 Å². The molecule has 80 valence electrons. The zero-order valence-corrected chi connectivity index (χ0v) is 8.36. The fourth-order valence-electron chi connectivity index (χ4n) is 1.64. The van der Waals surface area contributed by atoms with Crippen LogP contribution in [0.15, 0.2) is 18.2 Å². The second kappa shape index (κ2) is 4.27. The Morgan fingerprint density at radius 1 is 1.60 bits per heavy atom. The summed E-state index contributed by atoms with van der Waals surface area (Å²) in [4.78, 5) is 15.7. The Hall–Kier alpha value is -1.62. The molecule has 4 N–H and O–H groups in total. The number of rotatable bonds is 2. The van der Waals surface area contributed by atoms with Crippen LogP contribution in [-0.2, 0) is 4.79 Å². The van der Waals surface area contributed by atoms with Crippen LogP contribution in [0.3, 0.4) is 0 Å². The van der Waals surface area contributed by atoms with Crippen molar-refractivity contribution in [2.75, 3.05) is 17.6 Å². The Kier molecular flexibility index (Phi) is 2.82. The van der Waals surface area contributed by atoms with Gasteiger partial charge in [-0.3, -0.25) is 4.79 Å². The Balaban J connectivity index is 1.99. The van der Waals surface area contributed by atoms with Gasteiger partial charge in [-0.1, -0.05) is 6.07 Å². The van der Waals surface area contributed by atoms with Crippen molar-refractivity contribution < 1.29 is 4.79 Å². The highest BCUT2D eigenvalue weighted by Crippen LogP contribution is 2.10. The molecule has 1 aliphatic rings. The summed E-state index contributed by atoms with van der Waals surface area (Å²) in [5.41, 5.74) is 5.51. The topological polar surface area (TPSA) is 80.0 Å². The first-order chi connectivity index (χ1) is 7.25. The van der Waals surface area contributed by atoms with E-state index in [-0.39, 0.29) is 11.9 Å². The molecule has 1 fully saturated rings. The van der Waals surface area contributed by atoms with E-state index in [1.807, 2.05) is 0 Å². The van der Waals surface area contributed by atoms with E-state index < -0.39 is 0 Å². The number of hydrogen-bond acceptors (Lipinski definition) is 4. The summed E-state index contributed by atoms with van der Waals surface area (Å²) in [5.74, 6) is 0.881. The van der Waals surface area contributed by atoms with Crippen LogP contribution in [0.5, 0.6) is 0 Å². The lowest BCUT2D eigenvalue weighted by Gasteiger charge is -2.10. The molecular weight excluding hydrogens is 192 g/mol. The number of nitrogen functional groups attached to an aromatic ring is 1. The number of carbonyl (C=O) groups excluding carboxylic acids is 1. The van der Waals surface area contributed by atoms with Crippen LogP contribution in [0.4, 0.5) is 11.6 Å². The van der Waals surface area contributed by atoms with Crippen molar-refractivity contribution in [2.24, 2.45) is 0 Å². The largest absolute Gasteiger partial charge is 0.384 e. The van der Waals surface area contributed by atoms with Crippen molar-refractivity contribution in [3.63, 3.8) is 0 Å². The minimum Gasteiger partial charge on any atom is -0.384 e. The van der Waals surface area contributed by atoms with Crippen LogP contribution in [0, 0.1) is 0 Å². The first-order valence-corrected chi connectivity index (χ1v) is 5.02. The summed E-state index contributed by atoms with van der Waals surface area (Å²) in [5, 5.41) is 5.85. The number of pyridine rings is 1. The molecule has 5 nitrogen and oxygen atoms in total. The number of nitrogens with two attached hydrogens (primary N) is 1. The first-order valence-electron chi connectivity index (χ1n) is 5.02. The highest BCUT2D eigenvalue weighted by molar-refractivity contribution is 5.94. The van der Waals surface area contributed by atoms with Gasteiger partial charge >= 0.3 is 0 Å². The van der Waals surface area contributed by atoms with Gasteiger partial charge in [-0.25, -0.2) is 4.98 Å². The fraction of sp³-hybridized carbons (Fsp3) is 0.400. The van der Waals surface area contributed by atoms with Gasteiger partial charge in [0.2, 0.25) is 5.91 Å². The smallest absolute Gasteiger partial charge is 0.242 e. The maximum Gasteiger partial charge on any atom is 0.242 e. The molecule has 0 aromatic carbocycles. The number of aromatic nitrogens is 1. The van der Waals surface area contributed by atoms with E-state index in [1.165, 1.54) is 0 Å². The second-order valence-corrected chi connectivity index (χ2v) is 3.59. The van der Waals surface area contributed by atoms with Crippen LogP contribution in [0.1, 0.15) is 12.8 Å². The molecule has 1 saturated heterocycles. The molecule has 1 amide bonds. The summed E-state index contributed by atoms with van der Waals surface area (Å²) >= 11 is 0. The zero-order chi connectivity index (χ0) is 10.7. The normalized spacial score (nSPS) is 20.1. The second-order valence-electron chi connectivity index (χ2n) is 3.59. The van der Waals surface area contributed by atoms with E-state index in [1.54, 1.807) is 18.2 Å². The number of nitrogens with one attached hydrogen (secondary N) is 2. The van der Waals surface area contributed by atoms with Gasteiger partial charge in [0.15, 0.2) is 0 Å². The Bertz CT molecular complexity index is 360. The first kappa shape index (κ1) is 9.92. The van der Waals surface area contributed by atoms with E-state index in [4.69, 9.17) is 5.73 Å². The lowest BCUT2D eigenvalue weighted by molar-refractivity contribution is -0.117. The van der Waals surface area contributed by atoms with Crippen molar-refractivity contribution in [3.05, 3.63) is 18.2 Å². The molecule has 2 heterocycles. The summed E-state index contributed by atoms with van der Waals surface area (Å²) in [6.07, 6.45) is 1.93. The molecule has 0 radical (unpaired) electrons. The number of carbonyl (C=O) groups is 1. The lowest BCUT2D eigenvalue weighted by atomic mass is 10.2. The SMILES string of the molecule is Nc1cccc(NC(=O)[C@@H]2CCCN2)n1. The quantitative estimate of drug-likeness (QED) is 0.652. The minimum absolute atomic E-state index is 0.0365. The summed E-state index contributed by atoms with van der Waals surface area (Å²) in [6.45, 7) is 0.905. The number of amides is 1. The zero-order valence-electron chi connectivity index (χ0n) is 8.36. The highest BCUT2D eigenvalue weighted by Gasteiger charge is 2.21. The molecule has 0 unspecified atom stereocenters. The molecule has 15 heavy (non-hydrogen) atoms. The summed E-state index contributed by atoms with van der Waals surface area (Å²) in [7, 11) is 0. The third kappa shape index (κ3) is 2.44. The number of hydrogen-bond donors (Lipinski definition) is 3. The molecule has 1 atom stereocenters. The predicted molar refractivity (Wildman–Crippen MR) is 58.3 cm³/mol. The maximum absolute atomic E-state index is 11.7. The molecule has 1 aliphatic heterocycles. The molecular formula is C10H14N4O. The molecule has 0 spiro atoms. The molecule has 2 rings (SSSR count). The summed E-state index contributed by atoms with van der Waals surface area (Å²) in [6, 6.07) is 5.08. The van der Waals surface area contributed by atoms with Gasteiger partial charge in [-0.2, -0.15) is 0 Å². The summed E-state index contributed by atoms with van der Waals surface area (Å²) < 4.78 is 0. The van der Waals surface area contributed by atoms with Crippen LogP contribution >= 0.6 is 0 Å². The average molecular weight is 206 g/mol. The van der Waals surface area contributed by atoms with Crippen molar-refractivity contribution in [1.82, 2.24) is 10.3 Å². The molecule has 1 aromatic rings. The standard InChI is InChI=1S/C10H14N4O/c11-8-4-1-5-9(13-8)14-10(15)7-3-2-6-12-7/h1,4-5,7,12H,2-3,6H2,(H3,11,13,14,15)/t7-/m0/s1. The lowest BCUT2D eigenvalue weighted by Crippen LogP contribution is -2.35. The Morgan fingerprint density at radius 2 is 2.47 bits per heavy atom. The monoisotopic (exact) mass is 206 g/mol.